The third-order valence-electron chi connectivity index (χ3n) is 7.51. The minimum Gasteiger partial charge on any atom is -0.347 e. The van der Waals surface area contributed by atoms with Gasteiger partial charge >= 0.3 is 0 Å². The molecule has 1 aliphatic rings. The first-order chi connectivity index (χ1) is 15.8. The number of carbonyl (C=O) groups is 1. The number of rotatable bonds is 8. The summed E-state index contributed by atoms with van der Waals surface area (Å²) in [6, 6.07) is 10.3. The second-order valence-corrected chi connectivity index (χ2v) is 11.3. The Morgan fingerprint density at radius 3 is 2.41 bits per heavy atom. The van der Waals surface area contributed by atoms with Crippen LogP contribution in [0.15, 0.2) is 89.1 Å². The molecule has 1 amide bonds. The van der Waals surface area contributed by atoms with Crippen molar-refractivity contribution in [3.05, 3.63) is 94.6 Å². The second-order valence-electron chi connectivity index (χ2n) is 11.3. The first-order valence-corrected chi connectivity index (χ1v) is 12.6. The lowest BCUT2D eigenvalue weighted by Crippen LogP contribution is -2.46. The summed E-state index contributed by atoms with van der Waals surface area (Å²) in [7, 11) is 0. The van der Waals surface area contributed by atoms with Crippen LogP contribution in [0, 0.1) is 11.3 Å². The summed E-state index contributed by atoms with van der Waals surface area (Å²) in [5, 5.41) is 3.18. The normalized spacial score (nSPS) is 20.8. The molecule has 2 heteroatoms. The zero-order valence-electron chi connectivity index (χ0n) is 22.8. The molecule has 2 rings (SSSR count). The Bertz CT molecular complexity index is 999. The number of allylic oxidation sites excluding steroid dienone is 9. The van der Waals surface area contributed by atoms with E-state index in [1.807, 2.05) is 37.3 Å². The average Bonchev–Trinajstić information content (AvgIpc) is 2.76. The Labute approximate surface area is 208 Å². The second kappa shape index (κ2) is 11.7. The number of amides is 1. The van der Waals surface area contributed by atoms with Gasteiger partial charge in [0.1, 0.15) is 0 Å². The van der Waals surface area contributed by atoms with Gasteiger partial charge in [0.15, 0.2) is 0 Å². The molecule has 0 fully saturated rings. The van der Waals surface area contributed by atoms with E-state index >= 15 is 0 Å². The molecule has 0 aliphatic heterocycles. The van der Waals surface area contributed by atoms with Crippen LogP contribution in [-0.2, 0) is 4.79 Å². The van der Waals surface area contributed by atoms with Crippen molar-refractivity contribution < 1.29 is 4.79 Å². The van der Waals surface area contributed by atoms with Gasteiger partial charge in [-0.05, 0) is 75.5 Å². The summed E-state index contributed by atoms with van der Waals surface area (Å²) in [4.78, 5) is 12.6. The number of carbonyl (C=O) groups excluding carboxylic acids is 1. The molecule has 2 nitrogen and oxygen atoms in total. The molecule has 0 saturated carbocycles. The van der Waals surface area contributed by atoms with Crippen molar-refractivity contribution in [2.45, 2.75) is 86.6 Å². The molecule has 1 aliphatic carbocycles. The smallest absolute Gasteiger partial charge is 0.244 e. The lowest BCUT2D eigenvalue weighted by atomic mass is 9.69. The molecule has 1 N–H and O–H groups in total. The van der Waals surface area contributed by atoms with Crippen molar-refractivity contribution in [1.29, 1.82) is 0 Å². The molecule has 34 heavy (non-hydrogen) atoms. The predicted octanol–water partition coefficient (Wildman–Crippen LogP) is 8.46. The van der Waals surface area contributed by atoms with Crippen LogP contribution in [0.4, 0.5) is 0 Å². The lowest BCUT2D eigenvalue weighted by Gasteiger charge is -2.36. The SMILES string of the molecule is CC1=C(/C=C/C(C)=C/C=C/C(C)=C\C(=O)NC(C)(C)C(C)c2ccccc2)C(C)(C)CCC1C. The molecule has 0 saturated heterocycles. The minimum atomic E-state index is -0.350. The number of benzene rings is 1. The van der Waals surface area contributed by atoms with E-state index in [1.165, 1.54) is 35.1 Å². The zero-order valence-corrected chi connectivity index (χ0v) is 22.8. The summed E-state index contributed by atoms with van der Waals surface area (Å²) < 4.78 is 0. The van der Waals surface area contributed by atoms with Crippen LogP contribution in [0.3, 0.4) is 0 Å². The minimum absolute atomic E-state index is 0.0633. The van der Waals surface area contributed by atoms with Crippen molar-refractivity contribution in [2.24, 2.45) is 11.3 Å². The molecule has 0 aromatic heterocycles. The molecule has 2 atom stereocenters. The first kappa shape index (κ1) is 27.6. The van der Waals surface area contributed by atoms with E-state index in [0.717, 1.165) is 5.57 Å². The van der Waals surface area contributed by atoms with E-state index < -0.39 is 0 Å². The summed E-state index contributed by atoms with van der Waals surface area (Å²) in [5.41, 5.74) is 6.22. The zero-order chi connectivity index (χ0) is 25.5. The Morgan fingerprint density at radius 1 is 1.12 bits per heavy atom. The molecule has 0 spiro atoms. The Balaban J connectivity index is 2.00. The van der Waals surface area contributed by atoms with E-state index in [2.05, 4.69) is 91.1 Å². The predicted molar refractivity (Wildman–Crippen MR) is 148 cm³/mol. The molecule has 2 unspecified atom stereocenters. The Morgan fingerprint density at radius 2 is 1.76 bits per heavy atom. The molecule has 0 bridgehead atoms. The number of hydrogen-bond acceptors (Lipinski definition) is 1. The highest BCUT2D eigenvalue weighted by molar-refractivity contribution is 5.89. The van der Waals surface area contributed by atoms with Gasteiger partial charge in [-0.1, -0.05) is 99.6 Å². The maximum Gasteiger partial charge on any atom is 0.244 e. The maximum absolute atomic E-state index is 12.6. The largest absolute Gasteiger partial charge is 0.347 e. The van der Waals surface area contributed by atoms with E-state index in [4.69, 9.17) is 0 Å². The van der Waals surface area contributed by atoms with E-state index in [0.29, 0.717) is 5.92 Å². The quantitative estimate of drug-likeness (QED) is 0.306. The third-order valence-corrected chi connectivity index (χ3v) is 7.51. The summed E-state index contributed by atoms with van der Waals surface area (Å²) in [6.45, 7) is 19.7. The Hall–Kier alpha value is -2.61. The Kier molecular flexibility index (Phi) is 9.50. The summed E-state index contributed by atoms with van der Waals surface area (Å²) in [5.74, 6) is 0.804. The van der Waals surface area contributed by atoms with Gasteiger partial charge in [0.25, 0.3) is 0 Å². The molecule has 0 radical (unpaired) electrons. The van der Waals surface area contributed by atoms with Crippen molar-refractivity contribution in [2.75, 3.05) is 0 Å². The van der Waals surface area contributed by atoms with Crippen LogP contribution < -0.4 is 5.32 Å². The van der Waals surface area contributed by atoms with Crippen molar-refractivity contribution >= 4 is 5.91 Å². The molecular formula is C32H45NO. The van der Waals surface area contributed by atoms with Crippen molar-refractivity contribution in [1.82, 2.24) is 5.32 Å². The first-order valence-electron chi connectivity index (χ1n) is 12.6. The van der Waals surface area contributed by atoms with Crippen LogP contribution in [0.5, 0.6) is 0 Å². The van der Waals surface area contributed by atoms with Gasteiger partial charge in [0.05, 0.1) is 0 Å². The molecule has 1 aromatic rings. The molecule has 1 aromatic carbocycles. The van der Waals surface area contributed by atoms with Gasteiger partial charge < -0.3 is 5.32 Å². The highest BCUT2D eigenvalue weighted by Gasteiger charge is 2.30. The van der Waals surface area contributed by atoms with Crippen LogP contribution in [-0.4, -0.2) is 11.4 Å². The van der Waals surface area contributed by atoms with Gasteiger partial charge in [-0.25, -0.2) is 0 Å². The monoisotopic (exact) mass is 459 g/mol. The topological polar surface area (TPSA) is 29.1 Å². The maximum atomic E-state index is 12.6. The summed E-state index contributed by atoms with van der Waals surface area (Å²) in [6.07, 6.45) is 14.8. The van der Waals surface area contributed by atoms with Crippen LogP contribution in [0.2, 0.25) is 0 Å². The highest BCUT2D eigenvalue weighted by Crippen LogP contribution is 2.43. The number of hydrogen-bond donors (Lipinski definition) is 1. The highest BCUT2D eigenvalue weighted by atomic mass is 16.1. The van der Waals surface area contributed by atoms with Gasteiger partial charge in [0, 0.05) is 17.5 Å². The van der Waals surface area contributed by atoms with Crippen LogP contribution in [0.25, 0.3) is 0 Å². The van der Waals surface area contributed by atoms with Crippen LogP contribution >= 0.6 is 0 Å². The third kappa shape index (κ3) is 7.72. The van der Waals surface area contributed by atoms with Gasteiger partial charge in [-0.3, -0.25) is 4.79 Å². The fraction of sp³-hybridized carbons (Fsp3) is 0.469. The lowest BCUT2D eigenvalue weighted by molar-refractivity contribution is -0.118. The molecular weight excluding hydrogens is 414 g/mol. The standard InChI is InChI=1S/C32H45NO/c1-23(18-19-29-26(4)25(3)20-21-31(29,6)7)14-13-15-24(2)22-30(34)33-32(8,9)27(5)28-16-11-10-12-17-28/h10-19,22,25,27H,20-21H2,1-9H3,(H,33,34)/b15-13+,19-18+,23-14+,24-22-. The van der Waals surface area contributed by atoms with E-state index in [-0.39, 0.29) is 22.8 Å². The van der Waals surface area contributed by atoms with E-state index in [9.17, 15) is 4.79 Å². The van der Waals surface area contributed by atoms with Crippen molar-refractivity contribution in [3.8, 4) is 0 Å². The average molecular weight is 460 g/mol. The van der Waals surface area contributed by atoms with Gasteiger partial charge in [-0.2, -0.15) is 0 Å². The fourth-order valence-corrected chi connectivity index (χ4v) is 4.58. The van der Waals surface area contributed by atoms with Crippen LogP contribution in [0.1, 0.15) is 86.6 Å². The van der Waals surface area contributed by atoms with Crippen molar-refractivity contribution in [3.63, 3.8) is 0 Å². The summed E-state index contributed by atoms with van der Waals surface area (Å²) >= 11 is 0. The number of nitrogens with one attached hydrogen (secondary N) is 1. The van der Waals surface area contributed by atoms with E-state index in [1.54, 1.807) is 6.08 Å². The van der Waals surface area contributed by atoms with Gasteiger partial charge in [0.2, 0.25) is 5.91 Å². The molecule has 184 valence electrons. The fourth-order valence-electron chi connectivity index (χ4n) is 4.58. The van der Waals surface area contributed by atoms with Gasteiger partial charge in [-0.15, -0.1) is 0 Å². The molecule has 0 heterocycles.